The van der Waals surface area contributed by atoms with E-state index < -0.39 is 23.6 Å². The molecule has 0 spiro atoms. The van der Waals surface area contributed by atoms with Gasteiger partial charge in [-0.3, -0.25) is 9.59 Å². The molecule has 2 aromatic carbocycles. The maximum Gasteiger partial charge on any atom is 0.355 e. The van der Waals surface area contributed by atoms with Gasteiger partial charge in [0.1, 0.15) is 18.2 Å². The van der Waals surface area contributed by atoms with Crippen LogP contribution in [0.15, 0.2) is 70.6 Å². The van der Waals surface area contributed by atoms with E-state index in [1.807, 2.05) is 75.4 Å². The van der Waals surface area contributed by atoms with Crippen LogP contribution < -0.4 is 11.3 Å². The summed E-state index contributed by atoms with van der Waals surface area (Å²) in [5.41, 5.74) is 9.02. The van der Waals surface area contributed by atoms with Gasteiger partial charge in [-0.2, -0.15) is 0 Å². The Morgan fingerprint density at radius 3 is 2.67 bits per heavy atom. The van der Waals surface area contributed by atoms with Crippen LogP contribution in [0.4, 0.5) is 0 Å². The SMILES string of the molecule is CC[C@@]1(OC(=O)[C@@H](N)Cc2ccccc2)C(=O)OCc2c1cc1n(c2=O)Cc2cc3c(C/C=N/OC(C)(C)C)cccc3nc2-1. The van der Waals surface area contributed by atoms with Gasteiger partial charge in [-0.05, 0) is 62.9 Å². The van der Waals surface area contributed by atoms with Gasteiger partial charge >= 0.3 is 11.9 Å². The number of hydrogen-bond donors (Lipinski definition) is 1. The Morgan fingerprint density at radius 2 is 1.93 bits per heavy atom. The first-order valence-electron chi connectivity index (χ1n) is 15.1. The smallest absolute Gasteiger partial charge is 0.355 e. The summed E-state index contributed by atoms with van der Waals surface area (Å²) in [4.78, 5) is 51.0. The molecular formula is C35H36N4O6. The van der Waals surface area contributed by atoms with Crippen molar-refractivity contribution >= 4 is 29.1 Å². The fourth-order valence-corrected chi connectivity index (χ4v) is 5.93. The number of carbonyl (C=O) groups is 2. The third-order valence-electron chi connectivity index (χ3n) is 8.20. The zero-order valence-corrected chi connectivity index (χ0v) is 25.8. The minimum absolute atomic E-state index is 0.0629. The third kappa shape index (κ3) is 5.62. The molecule has 2 N–H and O–H groups in total. The van der Waals surface area contributed by atoms with Crippen molar-refractivity contribution in [2.75, 3.05) is 0 Å². The van der Waals surface area contributed by atoms with Crippen LogP contribution in [0.25, 0.3) is 22.3 Å². The highest BCUT2D eigenvalue weighted by molar-refractivity contribution is 5.90. The summed E-state index contributed by atoms with van der Waals surface area (Å²) < 4.78 is 13.0. The van der Waals surface area contributed by atoms with Crippen molar-refractivity contribution in [2.45, 2.75) is 77.4 Å². The first kappa shape index (κ1) is 30.2. The lowest BCUT2D eigenvalue weighted by atomic mass is 9.85. The lowest BCUT2D eigenvalue weighted by molar-refractivity contribution is -0.190. The van der Waals surface area contributed by atoms with Crippen LogP contribution in [0, 0.1) is 0 Å². The van der Waals surface area contributed by atoms with Crippen molar-refractivity contribution in [3.05, 3.63) is 98.8 Å². The number of benzene rings is 2. The number of esters is 2. The maximum absolute atomic E-state index is 13.9. The molecule has 6 rings (SSSR count). The standard InChI is InChI=1S/C35H36N4O6/c1-5-35(44-32(41)27(36)16-21-10-7-6-8-11-21)26-18-29-30-23(19-39(29)31(40)25(26)20-43-33(35)42)17-24-22(12-9-13-28(24)38-30)14-15-37-45-34(2,3)4/h6-13,15,17-18,27H,5,14,16,19-20,36H2,1-4H3/b37-15+/t27-,35-/m0/s1. The lowest BCUT2D eigenvalue weighted by Gasteiger charge is -2.36. The third-order valence-corrected chi connectivity index (χ3v) is 8.20. The Balaban J connectivity index is 1.37. The number of cyclic esters (lactones) is 1. The number of aromatic nitrogens is 2. The number of oxime groups is 1. The minimum Gasteiger partial charge on any atom is -0.457 e. The van der Waals surface area contributed by atoms with E-state index in [0.717, 1.165) is 27.6 Å². The largest absolute Gasteiger partial charge is 0.457 e. The van der Waals surface area contributed by atoms with E-state index in [9.17, 15) is 14.4 Å². The molecule has 2 atom stereocenters. The molecule has 232 valence electrons. The molecule has 4 aromatic rings. The Bertz CT molecular complexity index is 1890. The molecule has 0 fully saturated rings. The Labute approximate surface area is 260 Å². The number of nitrogens with two attached hydrogens (primary N) is 1. The van der Waals surface area contributed by atoms with Crippen LogP contribution in [0.3, 0.4) is 0 Å². The molecule has 0 unspecified atom stereocenters. The highest BCUT2D eigenvalue weighted by Crippen LogP contribution is 2.41. The number of hydrogen-bond acceptors (Lipinski definition) is 9. The number of pyridine rings is 2. The van der Waals surface area contributed by atoms with Crippen LogP contribution in [0.1, 0.15) is 61.9 Å². The topological polar surface area (TPSA) is 135 Å². The fourth-order valence-electron chi connectivity index (χ4n) is 5.93. The Kier molecular flexibility index (Phi) is 7.78. The molecule has 10 nitrogen and oxygen atoms in total. The van der Waals surface area contributed by atoms with Crippen LogP contribution in [-0.4, -0.2) is 39.3 Å². The van der Waals surface area contributed by atoms with Gasteiger partial charge in [-0.25, -0.2) is 9.78 Å². The number of carbonyl (C=O) groups excluding carboxylic acids is 2. The summed E-state index contributed by atoms with van der Waals surface area (Å²) in [7, 11) is 0. The van der Waals surface area contributed by atoms with Gasteiger partial charge in [0.05, 0.1) is 29.0 Å². The Hall–Kier alpha value is -4.83. The van der Waals surface area contributed by atoms with Crippen LogP contribution >= 0.6 is 0 Å². The van der Waals surface area contributed by atoms with E-state index in [2.05, 4.69) is 5.16 Å². The average Bonchev–Trinajstić information content (AvgIpc) is 3.37. The second kappa shape index (κ2) is 11.6. The highest BCUT2D eigenvalue weighted by Gasteiger charge is 2.51. The first-order valence-corrected chi connectivity index (χ1v) is 15.1. The number of nitrogens with zero attached hydrogens (tertiary/aromatic N) is 3. The zero-order valence-electron chi connectivity index (χ0n) is 25.8. The van der Waals surface area contributed by atoms with Crippen LogP contribution in [0.5, 0.6) is 0 Å². The second-order valence-corrected chi connectivity index (χ2v) is 12.5. The fraction of sp³-hybridized carbons (Fsp3) is 0.343. The molecule has 0 radical (unpaired) electrons. The summed E-state index contributed by atoms with van der Waals surface area (Å²) in [6.45, 7) is 7.62. The molecule has 45 heavy (non-hydrogen) atoms. The predicted octanol–water partition coefficient (Wildman–Crippen LogP) is 4.54. The van der Waals surface area contributed by atoms with Crippen LogP contribution in [-0.2, 0) is 55.5 Å². The van der Waals surface area contributed by atoms with Gasteiger partial charge in [0.25, 0.3) is 5.56 Å². The van der Waals surface area contributed by atoms with Crippen molar-refractivity contribution < 1.29 is 23.9 Å². The van der Waals surface area contributed by atoms with E-state index in [-0.39, 0.29) is 36.2 Å². The van der Waals surface area contributed by atoms with Gasteiger partial charge in [-0.15, -0.1) is 0 Å². The van der Waals surface area contributed by atoms with Crippen molar-refractivity contribution in [2.24, 2.45) is 10.9 Å². The van der Waals surface area contributed by atoms with Gasteiger partial charge in [0.15, 0.2) is 0 Å². The Morgan fingerprint density at radius 1 is 1.16 bits per heavy atom. The van der Waals surface area contributed by atoms with Gasteiger partial charge in [0, 0.05) is 29.1 Å². The van der Waals surface area contributed by atoms with E-state index >= 15 is 0 Å². The lowest BCUT2D eigenvalue weighted by Crippen LogP contribution is -2.50. The molecule has 0 aliphatic carbocycles. The molecule has 2 aliphatic heterocycles. The molecular weight excluding hydrogens is 572 g/mol. The molecule has 2 aromatic heterocycles. The number of fused-ring (bicyclic) bond motifs is 5. The van der Waals surface area contributed by atoms with Crippen molar-refractivity contribution in [1.82, 2.24) is 9.55 Å². The molecule has 0 amide bonds. The van der Waals surface area contributed by atoms with Gasteiger partial charge < -0.3 is 24.6 Å². The van der Waals surface area contributed by atoms with E-state index in [0.29, 0.717) is 29.9 Å². The van der Waals surface area contributed by atoms with Gasteiger partial charge in [0.2, 0.25) is 5.60 Å². The van der Waals surface area contributed by atoms with E-state index in [1.165, 1.54) is 0 Å². The first-order chi connectivity index (χ1) is 21.5. The van der Waals surface area contributed by atoms with Crippen molar-refractivity contribution in [3.63, 3.8) is 0 Å². The normalized spacial score (nSPS) is 17.8. The maximum atomic E-state index is 13.9. The molecule has 4 heterocycles. The highest BCUT2D eigenvalue weighted by atomic mass is 16.6. The molecule has 0 bridgehead atoms. The summed E-state index contributed by atoms with van der Waals surface area (Å²) in [6.07, 6.45) is 2.57. The number of rotatable bonds is 8. The van der Waals surface area contributed by atoms with Crippen molar-refractivity contribution in [1.29, 1.82) is 0 Å². The summed E-state index contributed by atoms with van der Waals surface area (Å²) in [6, 6.07) is 18.0. The number of ether oxygens (including phenoxy) is 2. The molecule has 0 saturated heterocycles. The van der Waals surface area contributed by atoms with Gasteiger partial charge in [-0.1, -0.05) is 54.5 Å². The molecule has 10 heteroatoms. The quantitative estimate of drug-likeness (QED) is 0.154. The summed E-state index contributed by atoms with van der Waals surface area (Å²) in [5, 5.41) is 5.06. The van der Waals surface area contributed by atoms with Crippen molar-refractivity contribution in [3.8, 4) is 11.4 Å². The zero-order chi connectivity index (χ0) is 31.9. The monoisotopic (exact) mass is 608 g/mol. The summed E-state index contributed by atoms with van der Waals surface area (Å²) >= 11 is 0. The predicted molar refractivity (Wildman–Crippen MR) is 170 cm³/mol. The van der Waals surface area contributed by atoms with E-state index in [1.54, 1.807) is 23.8 Å². The second-order valence-electron chi connectivity index (χ2n) is 12.5. The average molecular weight is 609 g/mol. The molecule has 0 saturated carbocycles. The molecule has 2 aliphatic rings. The van der Waals surface area contributed by atoms with Crippen LogP contribution in [0.2, 0.25) is 0 Å². The van der Waals surface area contributed by atoms with E-state index in [4.69, 9.17) is 25.0 Å². The summed E-state index contributed by atoms with van der Waals surface area (Å²) in [5.74, 6) is -1.48. The minimum atomic E-state index is -1.81.